The minimum Gasteiger partial charge on any atom is -0.481 e. The van der Waals surface area contributed by atoms with Gasteiger partial charge in [-0.15, -0.1) is 0 Å². The van der Waals surface area contributed by atoms with Crippen molar-refractivity contribution in [3.05, 3.63) is 0 Å². The molecular weight excluding hydrogens is 202 g/mol. The third-order valence-corrected chi connectivity index (χ3v) is 2.64. The van der Waals surface area contributed by atoms with Gasteiger partial charge in [0.1, 0.15) is 0 Å². The van der Waals surface area contributed by atoms with Crippen molar-refractivity contribution in [2.75, 3.05) is 18.1 Å². The first-order valence-electron chi connectivity index (χ1n) is 4.73. The fourth-order valence-corrected chi connectivity index (χ4v) is 1.61. The lowest BCUT2D eigenvalue weighted by Crippen LogP contribution is -2.24. The number of thioether (sulfide) groups is 1. The molecule has 0 bridgehead atoms. The summed E-state index contributed by atoms with van der Waals surface area (Å²) >= 11 is 1.67. The monoisotopic (exact) mass is 219 g/mol. The van der Waals surface area contributed by atoms with Gasteiger partial charge in [0.2, 0.25) is 5.91 Å². The van der Waals surface area contributed by atoms with Crippen LogP contribution in [0.2, 0.25) is 0 Å². The molecule has 0 heterocycles. The molecule has 2 N–H and O–H groups in total. The second-order valence-electron chi connectivity index (χ2n) is 2.81. The molecule has 0 saturated heterocycles. The number of carbonyl (C=O) groups excluding carboxylic acids is 1. The molecule has 0 aliphatic heterocycles. The summed E-state index contributed by atoms with van der Waals surface area (Å²) in [6, 6.07) is 0. The minimum atomic E-state index is -0.745. The molecule has 0 rings (SSSR count). The quantitative estimate of drug-likeness (QED) is 0.600. The van der Waals surface area contributed by atoms with Gasteiger partial charge in [0.15, 0.2) is 0 Å². The van der Waals surface area contributed by atoms with Gasteiger partial charge in [-0.25, -0.2) is 0 Å². The molecule has 0 aromatic carbocycles. The smallest absolute Gasteiger partial charge is 0.303 e. The van der Waals surface area contributed by atoms with E-state index in [1.54, 1.807) is 11.8 Å². The Morgan fingerprint density at radius 3 is 2.64 bits per heavy atom. The van der Waals surface area contributed by atoms with E-state index in [4.69, 9.17) is 5.11 Å². The number of carboxylic acids is 1. The van der Waals surface area contributed by atoms with Crippen molar-refractivity contribution in [1.29, 1.82) is 0 Å². The Morgan fingerprint density at radius 2 is 2.07 bits per heavy atom. The Hall–Kier alpha value is -0.710. The first kappa shape index (κ1) is 13.3. The van der Waals surface area contributed by atoms with E-state index in [-0.39, 0.29) is 12.3 Å². The van der Waals surface area contributed by atoms with Crippen LogP contribution in [0.15, 0.2) is 0 Å². The highest BCUT2D eigenvalue weighted by atomic mass is 32.2. The molecule has 14 heavy (non-hydrogen) atoms. The average Bonchev–Trinajstić information content (AvgIpc) is 2.15. The molecular formula is C9H17NO3S. The highest BCUT2D eigenvalue weighted by Gasteiger charge is 1.97. The predicted octanol–water partition coefficient (Wildman–Crippen LogP) is 1.11. The van der Waals surface area contributed by atoms with Crippen molar-refractivity contribution in [2.24, 2.45) is 0 Å². The Labute approximate surface area is 88.4 Å². The number of hydrogen-bond acceptors (Lipinski definition) is 3. The highest BCUT2D eigenvalue weighted by Crippen LogP contribution is 2.03. The summed E-state index contributed by atoms with van der Waals surface area (Å²) in [7, 11) is 0. The zero-order valence-corrected chi connectivity index (χ0v) is 9.23. The highest BCUT2D eigenvalue weighted by molar-refractivity contribution is 7.99. The fraction of sp³-hybridized carbons (Fsp3) is 0.778. The van der Waals surface area contributed by atoms with Crippen molar-refractivity contribution in [3.8, 4) is 0 Å². The molecule has 0 aliphatic carbocycles. The Bertz CT molecular complexity index is 185. The molecule has 0 aromatic rings. The molecule has 0 aliphatic rings. The molecule has 0 aromatic heterocycles. The molecule has 1 amide bonds. The van der Waals surface area contributed by atoms with Crippen LogP contribution in [0.3, 0.4) is 0 Å². The van der Waals surface area contributed by atoms with E-state index in [1.807, 2.05) is 6.92 Å². The van der Waals surface area contributed by atoms with Gasteiger partial charge in [-0.2, -0.15) is 11.8 Å². The van der Waals surface area contributed by atoms with E-state index in [0.29, 0.717) is 19.4 Å². The number of amides is 1. The van der Waals surface area contributed by atoms with E-state index in [2.05, 4.69) is 5.32 Å². The summed E-state index contributed by atoms with van der Waals surface area (Å²) < 4.78 is 0. The van der Waals surface area contributed by atoms with Gasteiger partial charge in [0.05, 0.1) is 0 Å². The number of rotatable bonds is 8. The summed E-state index contributed by atoms with van der Waals surface area (Å²) in [5.41, 5.74) is 0. The van der Waals surface area contributed by atoms with Crippen molar-refractivity contribution in [2.45, 2.75) is 26.2 Å². The van der Waals surface area contributed by atoms with Gasteiger partial charge >= 0.3 is 5.97 Å². The maximum atomic E-state index is 10.8. The van der Waals surface area contributed by atoms with Crippen LogP contribution in [-0.2, 0) is 9.59 Å². The van der Waals surface area contributed by atoms with Gasteiger partial charge in [-0.1, -0.05) is 6.92 Å². The van der Waals surface area contributed by atoms with Crippen molar-refractivity contribution >= 4 is 23.6 Å². The normalized spacial score (nSPS) is 9.79. The van der Waals surface area contributed by atoms with Crippen LogP contribution in [-0.4, -0.2) is 35.0 Å². The molecule has 0 fully saturated rings. The Morgan fingerprint density at radius 1 is 1.36 bits per heavy atom. The summed E-state index contributed by atoms with van der Waals surface area (Å²) in [6.07, 6.45) is 1.44. The van der Waals surface area contributed by atoms with Crippen LogP contribution in [0.4, 0.5) is 0 Å². The predicted molar refractivity (Wildman–Crippen MR) is 57.5 cm³/mol. The van der Waals surface area contributed by atoms with Gasteiger partial charge in [-0.05, 0) is 12.2 Å². The largest absolute Gasteiger partial charge is 0.481 e. The Kier molecular flexibility index (Phi) is 8.42. The molecule has 0 radical (unpaired) electrons. The molecule has 82 valence electrons. The van der Waals surface area contributed by atoms with Gasteiger partial charge < -0.3 is 10.4 Å². The molecule has 0 atom stereocenters. The number of carboxylic acid groups (broad SMARTS) is 1. The van der Waals surface area contributed by atoms with Crippen molar-refractivity contribution in [1.82, 2.24) is 5.32 Å². The third-order valence-electron chi connectivity index (χ3n) is 1.57. The van der Waals surface area contributed by atoms with Crippen LogP contribution < -0.4 is 5.32 Å². The maximum absolute atomic E-state index is 10.8. The first-order valence-corrected chi connectivity index (χ1v) is 5.88. The Balaban J connectivity index is 3.06. The first-order chi connectivity index (χ1) is 6.66. The lowest BCUT2D eigenvalue weighted by molar-refractivity contribution is -0.137. The van der Waals surface area contributed by atoms with E-state index < -0.39 is 5.97 Å². The number of nitrogens with one attached hydrogen (secondary N) is 1. The second-order valence-corrected chi connectivity index (χ2v) is 4.04. The van der Waals surface area contributed by atoms with E-state index in [9.17, 15) is 9.59 Å². The molecule has 0 unspecified atom stereocenters. The lowest BCUT2D eigenvalue weighted by atomic mass is 10.3. The van der Waals surface area contributed by atoms with Crippen LogP contribution in [0, 0.1) is 0 Å². The van der Waals surface area contributed by atoms with E-state index >= 15 is 0 Å². The molecule has 5 heteroatoms. The van der Waals surface area contributed by atoms with Gasteiger partial charge in [0.25, 0.3) is 0 Å². The van der Waals surface area contributed by atoms with Gasteiger partial charge in [0, 0.05) is 25.1 Å². The topological polar surface area (TPSA) is 66.4 Å². The van der Waals surface area contributed by atoms with E-state index in [0.717, 1.165) is 11.5 Å². The fourth-order valence-electron chi connectivity index (χ4n) is 0.815. The molecule has 0 saturated carbocycles. The lowest BCUT2D eigenvalue weighted by Gasteiger charge is -2.02. The third kappa shape index (κ3) is 9.38. The van der Waals surface area contributed by atoms with Crippen molar-refractivity contribution in [3.63, 3.8) is 0 Å². The SMILES string of the molecule is CCC(=O)NCCSCCCC(=O)O. The summed E-state index contributed by atoms with van der Waals surface area (Å²) in [5, 5.41) is 11.1. The van der Waals surface area contributed by atoms with Gasteiger partial charge in [-0.3, -0.25) is 9.59 Å². The summed E-state index contributed by atoms with van der Waals surface area (Å²) in [6.45, 7) is 2.49. The zero-order chi connectivity index (χ0) is 10.8. The zero-order valence-electron chi connectivity index (χ0n) is 8.41. The van der Waals surface area contributed by atoms with Crippen molar-refractivity contribution < 1.29 is 14.7 Å². The molecule has 4 nitrogen and oxygen atoms in total. The van der Waals surface area contributed by atoms with Crippen LogP contribution in [0.1, 0.15) is 26.2 Å². The average molecular weight is 219 g/mol. The second kappa shape index (κ2) is 8.87. The number of aliphatic carboxylic acids is 1. The summed E-state index contributed by atoms with van der Waals surface area (Å²) in [5.74, 6) is 1.01. The summed E-state index contributed by atoms with van der Waals surface area (Å²) in [4.78, 5) is 20.9. The van der Waals surface area contributed by atoms with Crippen LogP contribution in [0.5, 0.6) is 0 Å². The molecule has 0 spiro atoms. The minimum absolute atomic E-state index is 0.0659. The number of carbonyl (C=O) groups is 2. The number of hydrogen-bond donors (Lipinski definition) is 2. The van der Waals surface area contributed by atoms with Crippen LogP contribution >= 0.6 is 11.8 Å². The maximum Gasteiger partial charge on any atom is 0.303 e. The standard InChI is InChI=1S/C9H17NO3S/c1-2-8(11)10-5-7-14-6-3-4-9(12)13/h2-7H2,1H3,(H,10,11)(H,12,13). The van der Waals surface area contributed by atoms with Crippen LogP contribution in [0.25, 0.3) is 0 Å². The van der Waals surface area contributed by atoms with E-state index in [1.165, 1.54) is 0 Å².